The third-order valence-corrected chi connectivity index (χ3v) is 4.89. The van der Waals surface area contributed by atoms with Gasteiger partial charge in [-0.2, -0.15) is 0 Å². The minimum atomic E-state index is -0.0389. The Bertz CT molecular complexity index is 493. The van der Waals surface area contributed by atoms with Crippen molar-refractivity contribution in [1.29, 1.82) is 0 Å². The van der Waals surface area contributed by atoms with Crippen LogP contribution in [-0.4, -0.2) is 42.2 Å². The Labute approximate surface area is 137 Å². The van der Waals surface area contributed by atoms with Crippen LogP contribution in [0.25, 0.3) is 0 Å². The summed E-state index contributed by atoms with van der Waals surface area (Å²) < 4.78 is 0. The second-order valence-corrected chi connectivity index (χ2v) is 6.66. The van der Waals surface area contributed by atoms with E-state index >= 15 is 0 Å². The molecule has 1 aliphatic rings. The summed E-state index contributed by atoms with van der Waals surface area (Å²) in [5.74, 6) is 0.396. The summed E-state index contributed by atoms with van der Waals surface area (Å²) >= 11 is 6.14. The van der Waals surface area contributed by atoms with Gasteiger partial charge in [-0.1, -0.05) is 23.7 Å². The van der Waals surface area contributed by atoms with Crippen LogP contribution >= 0.6 is 11.6 Å². The van der Waals surface area contributed by atoms with Crippen LogP contribution in [-0.2, 0) is 4.79 Å². The van der Waals surface area contributed by atoms with E-state index in [2.05, 4.69) is 10.2 Å². The second kappa shape index (κ2) is 7.95. The molecule has 1 aromatic carbocycles. The van der Waals surface area contributed by atoms with Crippen molar-refractivity contribution in [2.24, 2.45) is 5.92 Å². The molecule has 0 heterocycles. The monoisotopic (exact) mass is 324 g/mol. The number of nitrogens with zero attached hydrogens (tertiary/aromatic N) is 1. The number of hydrogen-bond acceptors (Lipinski definition) is 3. The maximum Gasteiger partial charge on any atom is 0.238 e. The summed E-state index contributed by atoms with van der Waals surface area (Å²) in [7, 11) is 1.99. The van der Waals surface area contributed by atoms with Crippen LogP contribution in [0.4, 0.5) is 5.69 Å². The number of nitrogens with one attached hydrogen (secondary N) is 1. The molecule has 4 nitrogen and oxygen atoms in total. The molecule has 122 valence electrons. The van der Waals surface area contributed by atoms with Crippen molar-refractivity contribution in [2.45, 2.75) is 38.6 Å². The minimum Gasteiger partial charge on any atom is -0.396 e. The normalized spacial score (nSPS) is 21.9. The average molecular weight is 325 g/mol. The van der Waals surface area contributed by atoms with Crippen molar-refractivity contribution >= 4 is 23.2 Å². The number of halogens is 1. The number of amides is 1. The topological polar surface area (TPSA) is 52.6 Å². The fourth-order valence-corrected chi connectivity index (χ4v) is 3.36. The van der Waals surface area contributed by atoms with Crippen molar-refractivity contribution in [3.8, 4) is 0 Å². The van der Waals surface area contributed by atoms with Crippen LogP contribution in [0.3, 0.4) is 0 Å². The number of benzene rings is 1. The molecular formula is C17H25ClN2O2. The molecule has 0 saturated heterocycles. The van der Waals surface area contributed by atoms with Gasteiger partial charge in [-0.25, -0.2) is 0 Å². The molecule has 2 rings (SSSR count). The molecule has 0 aromatic heterocycles. The van der Waals surface area contributed by atoms with Crippen molar-refractivity contribution in [2.75, 3.05) is 25.5 Å². The Kier molecular flexibility index (Phi) is 6.24. The smallest absolute Gasteiger partial charge is 0.238 e. The molecular weight excluding hydrogens is 300 g/mol. The lowest BCUT2D eigenvalue weighted by Gasteiger charge is -2.33. The molecule has 2 N–H and O–H groups in total. The Hall–Kier alpha value is -1.10. The van der Waals surface area contributed by atoms with E-state index in [9.17, 15) is 9.90 Å². The Morgan fingerprint density at radius 1 is 1.36 bits per heavy atom. The second-order valence-electron chi connectivity index (χ2n) is 6.25. The summed E-state index contributed by atoms with van der Waals surface area (Å²) in [4.78, 5) is 14.3. The SMILES string of the molecule is Cc1cccc(Cl)c1NC(=O)CN(C)C1CCC(CO)CC1. The first-order chi connectivity index (χ1) is 10.5. The van der Waals surface area contributed by atoms with Gasteiger partial charge in [0, 0.05) is 12.6 Å². The Balaban J connectivity index is 1.87. The number of aliphatic hydroxyl groups is 1. The van der Waals surface area contributed by atoms with Gasteiger partial charge in [0.25, 0.3) is 0 Å². The highest BCUT2D eigenvalue weighted by Crippen LogP contribution is 2.27. The summed E-state index contributed by atoms with van der Waals surface area (Å²) in [5, 5.41) is 12.7. The number of carbonyl (C=O) groups excluding carboxylic acids is 1. The standard InChI is InChI=1S/C17H25ClN2O2/c1-12-4-3-5-15(18)17(12)19-16(22)10-20(2)14-8-6-13(11-21)7-9-14/h3-5,13-14,21H,6-11H2,1-2H3,(H,19,22). The van der Waals surface area contributed by atoms with E-state index in [4.69, 9.17) is 11.6 Å². The molecule has 1 amide bonds. The van der Waals surface area contributed by atoms with Crippen molar-refractivity contribution < 1.29 is 9.90 Å². The first-order valence-corrected chi connectivity index (χ1v) is 8.25. The van der Waals surface area contributed by atoms with Crippen LogP contribution in [0.1, 0.15) is 31.2 Å². The average Bonchev–Trinajstić information content (AvgIpc) is 2.51. The lowest BCUT2D eigenvalue weighted by molar-refractivity contribution is -0.117. The fraction of sp³-hybridized carbons (Fsp3) is 0.588. The number of hydrogen-bond donors (Lipinski definition) is 2. The quantitative estimate of drug-likeness (QED) is 0.875. The molecule has 22 heavy (non-hydrogen) atoms. The first kappa shape index (κ1) is 17.3. The van der Waals surface area contributed by atoms with E-state index in [1.54, 1.807) is 6.07 Å². The number of aliphatic hydroxyl groups excluding tert-OH is 1. The lowest BCUT2D eigenvalue weighted by atomic mass is 9.86. The Morgan fingerprint density at radius 2 is 2.05 bits per heavy atom. The number of aryl methyl sites for hydroxylation is 1. The van der Waals surface area contributed by atoms with Gasteiger partial charge in [-0.15, -0.1) is 0 Å². The van der Waals surface area contributed by atoms with Crippen molar-refractivity contribution in [1.82, 2.24) is 4.90 Å². The molecule has 1 aromatic rings. The van der Waals surface area contributed by atoms with Gasteiger partial charge in [-0.3, -0.25) is 9.69 Å². The van der Waals surface area contributed by atoms with Crippen LogP contribution in [0.15, 0.2) is 18.2 Å². The van der Waals surface area contributed by atoms with Gasteiger partial charge in [0.1, 0.15) is 0 Å². The minimum absolute atomic E-state index is 0.0389. The van der Waals surface area contributed by atoms with E-state index in [0.29, 0.717) is 29.2 Å². The first-order valence-electron chi connectivity index (χ1n) is 7.87. The van der Waals surface area contributed by atoms with Crippen molar-refractivity contribution in [3.63, 3.8) is 0 Å². The summed E-state index contributed by atoms with van der Waals surface area (Å²) in [6.45, 7) is 2.57. The zero-order valence-electron chi connectivity index (χ0n) is 13.3. The van der Waals surface area contributed by atoms with Gasteiger partial charge >= 0.3 is 0 Å². The predicted molar refractivity (Wildman–Crippen MR) is 90.3 cm³/mol. The summed E-state index contributed by atoms with van der Waals surface area (Å²) in [6.07, 6.45) is 4.16. The van der Waals surface area contributed by atoms with E-state index < -0.39 is 0 Å². The molecule has 1 aliphatic carbocycles. The van der Waals surface area contributed by atoms with E-state index in [0.717, 1.165) is 31.2 Å². The predicted octanol–water partition coefficient (Wildman–Crippen LogP) is 3.07. The van der Waals surface area contributed by atoms with Gasteiger partial charge in [0.05, 0.1) is 17.3 Å². The maximum atomic E-state index is 12.2. The highest BCUT2D eigenvalue weighted by Gasteiger charge is 2.24. The molecule has 0 atom stereocenters. The van der Waals surface area contributed by atoms with Gasteiger partial charge < -0.3 is 10.4 Å². The zero-order chi connectivity index (χ0) is 16.1. The molecule has 0 bridgehead atoms. The van der Waals surface area contributed by atoms with Crippen LogP contribution in [0, 0.1) is 12.8 Å². The van der Waals surface area contributed by atoms with Crippen LogP contribution in [0.2, 0.25) is 5.02 Å². The van der Waals surface area contributed by atoms with Gasteiger partial charge in [-0.05, 0) is 57.2 Å². The molecule has 0 unspecified atom stereocenters. The largest absolute Gasteiger partial charge is 0.396 e. The van der Waals surface area contributed by atoms with Gasteiger partial charge in [0.2, 0.25) is 5.91 Å². The number of anilines is 1. The highest BCUT2D eigenvalue weighted by atomic mass is 35.5. The molecule has 0 aliphatic heterocycles. The Morgan fingerprint density at radius 3 is 2.64 bits per heavy atom. The van der Waals surface area contributed by atoms with E-state index in [1.807, 2.05) is 26.1 Å². The number of likely N-dealkylation sites (N-methyl/N-ethyl adjacent to an activating group) is 1. The fourth-order valence-electron chi connectivity index (χ4n) is 3.09. The molecule has 1 fully saturated rings. The third kappa shape index (κ3) is 4.45. The van der Waals surface area contributed by atoms with Crippen molar-refractivity contribution in [3.05, 3.63) is 28.8 Å². The third-order valence-electron chi connectivity index (χ3n) is 4.58. The van der Waals surface area contributed by atoms with Gasteiger partial charge in [0.15, 0.2) is 0 Å². The summed E-state index contributed by atoms with van der Waals surface area (Å²) in [5.41, 5.74) is 1.67. The molecule has 0 spiro atoms. The number of rotatable bonds is 5. The van der Waals surface area contributed by atoms with E-state index in [1.165, 1.54) is 0 Å². The maximum absolute atomic E-state index is 12.2. The lowest BCUT2D eigenvalue weighted by Crippen LogP contribution is -2.40. The van der Waals surface area contributed by atoms with Crippen LogP contribution < -0.4 is 5.32 Å². The molecule has 1 saturated carbocycles. The van der Waals surface area contributed by atoms with E-state index in [-0.39, 0.29) is 12.5 Å². The number of para-hydroxylation sites is 1. The van der Waals surface area contributed by atoms with Crippen LogP contribution in [0.5, 0.6) is 0 Å². The highest BCUT2D eigenvalue weighted by molar-refractivity contribution is 6.33. The molecule has 5 heteroatoms. The number of carbonyl (C=O) groups is 1. The summed E-state index contributed by atoms with van der Waals surface area (Å²) in [6, 6.07) is 6.01. The molecule has 0 radical (unpaired) electrons. The zero-order valence-corrected chi connectivity index (χ0v) is 14.1.